The molecular weight excluding hydrogens is 198 g/mol. The summed E-state index contributed by atoms with van der Waals surface area (Å²) in [6.45, 7) is 7.26. The maximum Gasteiger partial charge on any atom is 0.134 e. The van der Waals surface area contributed by atoms with Gasteiger partial charge in [0.15, 0.2) is 0 Å². The van der Waals surface area contributed by atoms with Crippen LogP contribution in [-0.4, -0.2) is 0 Å². The molecule has 1 aromatic carbocycles. The monoisotopic (exact) mass is 217 g/mol. The van der Waals surface area contributed by atoms with Crippen molar-refractivity contribution >= 4 is 11.0 Å². The van der Waals surface area contributed by atoms with Crippen molar-refractivity contribution in [3.8, 4) is 0 Å². The summed E-state index contributed by atoms with van der Waals surface area (Å²) in [7, 11) is 0. The summed E-state index contributed by atoms with van der Waals surface area (Å²) in [5, 5.41) is 1.15. The Morgan fingerprint density at radius 1 is 1.31 bits per heavy atom. The standard InChI is InChI=1S/C14H19NO/c1-4-14(2,3)11-5-6-13-12(7-11)10(8-15)9-16-13/h5-7,9H,4,8,15H2,1-3H3. The van der Waals surface area contributed by atoms with Gasteiger partial charge in [-0.15, -0.1) is 0 Å². The molecule has 0 fully saturated rings. The van der Waals surface area contributed by atoms with Gasteiger partial charge >= 0.3 is 0 Å². The van der Waals surface area contributed by atoms with Gasteiger partial charge in [0.25, 0.3) is 0 Å². The number of nitrogens with two attached hydrogens (primary N) is 1. The zero-order valence-corrected chi connectivity index (χ0v) is 10.2. The second kappa shape index (κ2) is 3.95. The third-order valence-electron chi connectivity index (χ3n) is 3.54. The molecule has 0 bridgehead atoms. The van der Waals surface area contributed by atoms with Crippen LogP contribution in [0.2, 0.25) is 0 Å². The van der Waals surface area contributed by atoms with Gasteiger partial charge in [0.05, 0.1) is 6.26 Å². The Kier molecular flexibility index (Phi) is 2.76. The fraction of sp³-hybridized carbons (Fsp3) is 0.429. The van der Waals surface area contributed by atoms with Gasteiger partial charge < -0.3 is 10.2 Å². The van der Waals surface area contributed by atoms with Crippen LogP contribution in [0.15, 0.2) is 28.9 Å². The molecule has 16 heavy (non-hydrogen) atoms. The molecule has 0 saturated carbocycles. The number of hydrogen-bond donors (Lipinski definition) is 1. The lowest BCUT2D eigenvalue weighted by atomic mass is 9.82. The summed E-state index contributed by atoms with van der Waals surface area (Å²) >= 11 is 0. The van der Waals surface area contributed by atoms with Gasteiger partial charge in [-0.05, 0) is 29.5 Å². The molecule has 1 heterocycles. The summed E-state index contributed by atoms with van der Waals surface area (Å²) < 4.78 is 5.46. The topological polar surface area (TPSA) is 39.2 Å². The van der Waals surface area contributed by atoms with Gasteiger partial charge in [0, 0.05) is 17.5 Å². The van der Waals surface area contributed by atoms with E-state index in [1.54, 1.807) is 6.26 Å². The molecule has 0 aliphatic rings. The van der Waals surface area contributed by atoms with E-state index in [-0.39, 0.29) is 5.41 Å². The predicted molar refractivity (Wildman–Crippen MR) is 67.4 cm³/mol. The minimum atomic E-state index is 0.206. The number of hydrogen-bond acceptors (Lipinski definition) is 2. The highest BCUT2D eigenvalue weighted by molar-refractivity contribution is 5.82. The molecular formula is C14H19NO. The van der Waals surface area contributed by atoms with E-state index in [0.717, 1.165) is 23.0 Å². The minimum absolute atomic E-state index is 0.206. The predicted octanol–water partition coefficient (Wildman–Crippen LogP) is 3.58. The van der Waals surface area contributed by atoms with Crippen molar-refractivity contribution < 1.29 is 4.42 Å². The van der Waals surface area contributed by atoms with Crippen molar-refractivity contribution in [2.24, 2.45) is 5.73 Å². The molecule has 0 amide bonds. The molecule has 1 aromatic heterocycles. The number of benzene rings is 1. The normalized spacial score (nSPS) is 12.2. The highest BCUT2D eigenvalue weighted by Gasteiger charge is 2.19. The van der Waals surface area contributed by atoms with Gasteiger partial charge in [-0.25, -0.2) is 0 Å². The van der Waals surface area contributed by atoms with Crippen LogP contribution in [0.4, 0.5) is 0 Å². The lowest BCUT2D eigenvalue weighted by Gasteiger charge is -2.23. The van der Waals surface area contributed by atoms with Crippen LogP contribution in [0.5, 0.6) is 0 Å². The second-order valence-electron chi connectivity index (χ2n) is 4.91. The molecule has 0 atom stereocenters. The minimum Gasteiger partial charge on any atom is -0.464 e. The Hall–Kier alpha value is -1.28. The maximum atomic E-state index is 5.69. The van der Waals surface area contributed by atoms with E-state index in [2.05, 4.69) is 32.9 Å². The molecule has 2 rings (SSSR count). The Morgan fingerprint density at radius 3 is 2.69 bits per heavy atom. The molecule has 0 aliphatic carbocycles. The zero-order chi connectivity index (χ0) is 11.8. The first-order valence-electron chi connectivity index (χ1n) is 5.79. The Morgan fingerprint density at radius 2 is 2.06 bits per heavy atom. The lowest BCUT2D eigenvalue weighted by molar-refractivity contribution is 0.506. The van der Waals surface area contributed by atoms with Crippen molar-refractivity contribution in [3.05, 3.63) is 35.6 Å². The van der Waals surface area contributed by atoms with Crippen molar-refractivity contribution in [1.82, 2.24) is 0 Å². The summed E-state index contributed by atoms with van der Waals surface area (Å²) in [6, 6.07) is 6.40. The van der Waals surface area contributed by atoms with Crippen molar-refractivity contribution in [2.75, 3.05) is 0 Å². The van der Waals surface area contributed by atoms with Gasteiger partial charge in [-0.3, -0.25) is 0 Å². The third kappa shape index (κ3) is 1.74. The molecule has 0 saturated heterocycles. The smallest absolute Gasteiger partial charge is 0.134 e. The SMILES string of the molecule is CCC(C)(C)c1ccc2occ(CN)c2c1. The number of furan rings is 1. The molecule has 2 nitrogen and oxygen atoms in total. The van der Waals surface area contributed by atoms with Gasteiger partial charge in [-0.2, -0.15) is 0 Å². The van der Waals surface area contributed by atoms with Crippen LogP contribution in [-0.2, 0) is 12.0 Å². The fourth-order valence-corrected chi connectivity index (χ4v) is 1.86. The second-order valence-corrected chi connectivity index (χ2v) is 4.91. The van der Waals surface area contributed by atoms with E-state index >= 15 is 0 Å². The van der Waals surface area contributed by atoms with E-state index < -0.39 is 0 Å². The Balaban J connectivity index is 2.58. The number of rotatable bonds is 3. The molecule has 0 aliphatic heterocycles. The lowest BCUT2D eigenvalue weighted by Crippen LogP contribution is -2.15. The van der Waals surface area contributed by atoms with Crippen molar-refractivity contribution in [1.29, 1.82) is 0 Å². The molecule has 0 radical (unpaired) electrons. The van der Waals surface area contributed by atoms with E-state index in [1.165, 1.54) is 5.56 Å². The molecule has 2 heteroatoms. The van der Waals surface area contributed by atoms with Gasteiger partial charge in [-0.1, -0.05) is 26.8 Å². The molecule has 0 unspecified atom stereocenters. The maximum absolute atomic E-state index is 5.69. The van der Waals surface area contributed by atoms with Crippen LogP contribution in [0, 0.1) is 0 Å². The van der Waals surface area contributed by atoms with E-state index in [1.807, 2.05) is 6.07 Å². The van der Waals surface area contributed by atoms with Crippen LogP contribution in [0.25, 0.3) is 11.0 Å². The quantitative estimate of drug-likeness (QED) is 0.853. The van der Waals surface area contributed by atoms with E-state index in [0.29, 0.717) is 6.54 Å². The highest BCUT2D eigenvalue weighted by Crippen LogP contribution is 2.31. The first-order chi connectivity index (χ1) is 7.58. The zero-order valence-electron chi connectivity index (χ0n) is 10.2. The summed E-state index contributed by atoms with van der Waals surface area (Å²) in [5.74, 6) is 0. The van der Waals surface area contributed by atoms with Crippen molar-refractivity contribution in [3.63, 3.8) is 0 Å². The van der Waals surface area contributed by atoms with Crippen LogP contribution in [0.3, 0.4) is 0 Å². The van der Waals surface area contributed by atoms with Crippen LogP contribution in [0.1, 0.15) is 38.3 Å². The molecule has 86 valence electrons. The van der Waals surface area contributed by atoms with E-state index in [9.17, 15) is 0 Å². The average Bonchev–Trinajstić information content (AvgIpc) is 2.70. The highest BCUT2D eigenvalue weighted by atomic mass is 16.3. The molecule has 0 spiro atoms. The Bertz CT molecular complexity index is 496. The Labute approximate surface area is 96.4 Å². The first kappa shape index (κ1) is 11.2. The third-order valence-corrected chi connectivity index (χ3v) is 3.54. The summed E-state index contributed by atoms with van der Waals surface area (Å²) in [4.78, 5) is 0. The van der Waals surface area contributed by atoms with E-state index in [4.69, 9.17) is 10.2 Å². The fourth-order valence-electron chi connectivity index (χ4n) is 1.86. The van der Waals surface area contributed by atoms with Gasteiger partial charge in [0.2, 0.25) is 0 Å². The number of fused-ring (bicyclic) bond motifs is 1. The largest absolute Gasteiger partial charge is 0.464 e. The molecule has 2 N–H and O–H groups in total. The van der Waals surface area contributed by atoms with Crippen LogP contribution >= 0.6 is 0 Å². The summed E-state index contributed by atoms with van der Waals surface area (Å²) in [6.07, 6.45) is 2.88. The van der Waals surface area contributed by atoms with Crippen LogP contribution < -0.4 is 5.73 Å². The molecule has 2 aromatic rings. The first-order valence-corrected chi connectivity index (χ1v) is 5.79. The van der Waals surface area contributed by atoms with Gasteiger partial charge in [0.1, 0.15) is 5.58 Å². The average molecular weight is 217 g/mol. The summed E-state index contributed by atoms with van der Waals surface area (Å²) in [5.41, 5.74) is 9.26. The van der Waals surface area contributed by atoms with Crippen molar-refractivity contribution in [2.45, 2.75) is 39.2 Å².